The second kappa shape index (κ2) is 11.7. The molecule has 0 aliphatic rings. The van der Waals surface area contributed by atoms with Gasteiger partial charge in [0.25, 0.3) is 0 Å². The minimum absolute atomic E-state index is 0.756. The van der Waals surface area contributed by atoms with Crippen LogP contribution in [0.15, 0.2) is 77.3 Å². The molecule has 0 saturated carbocycles. The summed E-state index contributed by atoms with van der Waals surface area (Å²) in [6.45, 7) is 5.85. The molecule has 158 valence electrons. The summed E-state index contributed by atoms with van der Waals surface area (Å²) in [5, 5.41) is 0. The molecule has 0 aliphatic carbocycles. The van der Waals surface area contributed by atoms with Gasteiger partial charge in [0.1, 0.15) is 11.5 Å². The van der Waals surface area contributed by atoms with E-state index in [2.05, 4.69) is 83.2 Å². The van der Waals surface area contributed by atoms with Crippen molar-refractivity contribution in [3.63, 3.8) is 0 Å². The van der Waals surface area contributed by atoms with E-state index in [1.54, 1.807) is 0 Å². The number of nitrogens with zero attached hydrogens (tertiary/aromatic N) is 1. The molecular formula is C26H30BrNO2. The molecule has 0 radical (unpaired) electrons. The van der Waals surface area contributed by atoms with E-state index in [4.69, 9.17) is 9.47 Å². The minimum atomic E-state index is 0.756. The van der Waals surface area contributed by atoms with Crippen LogP contribution in [0, 0.1) is 0 Å². The first-order valence-corrected chi connectivity index (χ1v) is 11.5. The second-order valence-corrected chi connectivity index (χ2v) is 8.12. The van der Waals surface area contributed by atoms with Gasteiger partial charge in [-0.2, -0.15) is 0 Å². The van der Waals surface area contributed by atoms with Gasteiger partial charge in [-0.3, -0.25) is 0 Å². The number of anilines is 3. The highest BCUT2D eigenvalue weighted by Gasteiger charge is 2.13. The summed E-state index contributed by atoms with van der Waals surface area (Å²) < 4.78 is 12.7. The first-order valence-electron chi connectivity index (χ1n) is 10.7. The van der Waals surface area contributed by atoms with Crippen molar-refractivity contribution in [1.29, 1.82) is 0 Å². The van der Waals surface area contributed by atoms with Crippen LogP contribution in [0.1, 0.15) is 39.5 Å². The van der Waals surface area contributed by atoms with Crippen molar-refractivity contribution in [2.75, 3.05) is 18.1 Å². The molecule has 0 atom stereocenters. The average molecular weight is 468 g/mol. The third-order valence-corrected chi connectivity index (χ3v) is 5.34. The Labute approximate surface area is 188 Å². The molecule has 3 aromatic rings. The molecule has 3 rings (SSSR count). The summed E-state index contributed by atoms with van der Waals surface area (Å²) in [4.78, 5) is 2.23. The highest BCUT2D eigenvalue weighted by molar-refractivity contribution is 9.10. The molecule has 3 aromatic carbocycles. The number of unbranched alkanes of at least 4 members (excludes halogenated alkanes) is 2. The number of hydrogen-bond donors (Lipinski definition) is 0. The summed E-state index contributed by atoms with van der Waals surface area (Å²) in [6.07, 6.45) is 4.40. The van der Waals surface area contributed by atoms with Crippen molar-refractivity contribution in [1.82, 2.24) is 0 Å². The van der Waals surface area contributed by atoms with Crippen molar-refractivity contribution in [2.45, 2.75) is 39.5 Å². The maximum absolute atomic E-state index is 5.83. The highest BCUT2D eigenvalue weighted by Crippen LogP contribution is 2.36. The van der Waals surface area contributed by atoms with Crippen LogP contribution in [0.4, 0.5) is 17.1 Å². The summed E-state index contributed by atoms with van der Waals surface area (Å²) in [5.41, 5.74) is 3.26. The first kappa shape index (κ1) is 22.2. The fourth-order valence-electron chi connectivity index (χ4n) is 3.09. The van der Waals surface area contributed by atoms with Gasteiger partial charge in [-0.25, -0.2) is 0 Å². The van der Waals surface area contributed by atoms with Crippen LogP contribution in [-0.2, 0) is 0 Å². The van der Waals surface area contributed by atoms with Crippen LogP contribution >= 0.6 is 15.9 Å². The van der Waals surface area contributed by atoms with E-state index in [0.717, 1.165) is 71.9 Å². The van der Waals surface area contributed by atoms with E-state index in [1.165, 1.54) is 0 Å². The van der Waals surface area contributed by atoms with Gasteiger partial charge in [0.2, 0.25) is 0 Å². The molecule has 4 heteroatoms. The van der Waals surface area contributed by atoms with Crippen molar-refractivity contribution in [2.24, 2.45) is 0 Å². The Balaban J connectivity index is 1.85. The van der Waals surface area contributed by atoms with Crippen LogP contribution in [0.3, 0.4) is 0 Å². The van der Waals surface area contributed by atoms with Crippen LogP contribution in [0.5, 0.6) is 11.5 Å². The zero-order chi connectivity index (χ0) is 21.2. The molecule has 0 heterocycles. The van der Waals surface area contributed by atoms with Crippen molar-refractivity contribution >= 4 is 33.0 Å². The number of ether oxygens (including phenoxy) is 2. The molecule has 0 aromatic heterocycles. The summed E-state index contributed by atoms with van der Waals surface area (Å²) >= 11 is 3.53. The van der Waals surface area contributed by atoms with Gasteiger partial charge in [-0.15, -0.1) is 0 Å². The molecule has 0 spiro atoms. The molecule has 3 nitrogen and oxygen atoms in total. The van der Waals surface area contributed by atoms with E-state index in [0.29, 0.717) is 0 Å². The monoisotopic (exact) mass is 467 g/mol. The molecule has 0 unspecified atom stereocenters. The van der Waals surface area contributed by atoms with E-state index < -0.39 is 0 Å². The smallest absolute Gasteiger partial charge is 0.119 e. The van der Waals surface area contributed by atoms with Crippen LogP contribution in [0.25, 0.3) is 0 Å². The number of benzene rings is 3. The predicted molar refractivity (Wildman–Crippen MR) is 130 cm³/mol. The maximum Gasteiger partial charge on any atom is 0.119 e. The lowest BCUT2D eigenvalue weighted by atomic mass is 10.2. The normalized spacial score (nSPS) is 10.6. The zero-order valence-corrected chi connectivity index (χ0v) is 19.4. The lowest BCUT2D eigenvalue weighted by Gasteiger charge is -2.26. The SMILES string of the molecule is CCCCOc1ccc(N(c2ccc(Br)cc2)c2ccc(OCCCC)cc2)cc1. The Kier molecular flexibility index (Phi) is 8.64. The first-order chi connectivity index (χ1) is 14.7. The van der Waals surface area contributed by atoms with E-state index in [1.807, 2.05) is 24.3 Å². The van der Waals surface area contributed by atoms with Crippen LogP contribution in [-0.4, -0.2) is 13.2 Å². The van der Waals surface area contributed by atoms with Gasteiger partial charge in [0.15, 0.2) is 0 Å². The fraction of sp³-hybridized carbons (Fsp3) is 0.308. The molecule has 0 N–H and O–H groups in total. The van der Waals surface area contributed by atoms with Crippen molar-refractivity contribution in [3.8, 4) is 11.5 Å². The Hall–Kier alpha value is -2.46. The molecule has 0 aliphatic heterocycles. The number of rotatable bonds is 11. The van der Waals surface area contributed by atoms with Gasteiger partial charge in [0.05, 0.1) is 13.2 Å². The largest absolute Gasteiger partial charge is 0.494 e. The molecular weight excluding hydrogens is 438 g/mol. The van der Waals surface area contributed by atoms with E-state index in [9.17, 15) is 0 Å². The predicted octanol–water partition coefficient (Wildman–Crippen LogP) is 8.28. The van der Waals surface area contributed by atoms with Crippen molar-refractivity contribution in [3.05, 3.63) is 77.3 Å². The van der Waals surface area contributed by atoms with Gasteiger partial charge in [-0.05, 0) is 85.6 Å². The second-order valence-electron chi connectivity index (χ2n) is 7.20. The quantitative estimate of drug-likeness (QED) is 0.264. The lowest BCUT2D eigenvalue weighted by Crippen LogP contribution is -2.10. The van der Waals surface area contributed by atoms with E-state index in [-0.39, 0.29) is 0 Å². The number of hydrogen-bond acceptors (Lipinski definition) is 3. The minimum Gasteiger partial charge on any atom is -0.494 e. The lowest BCUT2D eigenvalue weighted by molar-refractivity contribution is 0.309. The Morgan fingerprint density at radius 1 is 0.600 bits per heavy atom. The fourth-order valence-corrected chi connectivity index (χ4v) is 3.35. The Bertz CT molecular complexity index is 823. The summed E-state index contributed by atoms with van der Waals surface area (Å²) in [7, 11) is 0. The molecule has 0 fully saturated rings. The summed E-state index contributed by atoms with van der Waals surface area (Å²) in [5.74, 6) is 1.81. The number of halogens is 1. The van der Waals surface area contributed by atoms with E-state index >= 15 is 0 Å². The van der Waals surface area contributed by atoms with Crippen LogP contribution < -0.4 is 14.4 Å². The molecule has 0 bridgehead atoms. The highest BCUT2D eigenvalue weighted by atomic mass is 79.9. The van der Waals surface area contributed by atoms with Gasteiger partial charge in [0, 0.05) is 21.5 Å². The van der Waals surface area contributed by atoms with Gasteiger partial charge in [-0.1, -0.05) is 42.6 Å². The molecule has 0 saturated heterocycles. The third-order valence-electron chi connectivity index (χ3n) is 4.81. The zero-order valence-electron chi connectivity index (χ0n) is 17.8. The summed E-state index contributed by atoms with van der Waals surface area (Å²) in [6, 6.07) is 24.9. The average Bonchev–Trinajstić information content (AvgIpc) is 2.78. The van der Waals surface area contributed by atoms with Gasteiger partial charge < -0.3 is 14.4 Å². The van der Waals surface area contributed by atoms with Crippen molar-refractivity contribution < 1.29 is 9.47 Å². The molecule has 0 amide bonds. The topological polar surface area (TPSA) is 21.7 Å². The maximum atomic E-state index is 5.83. The molecule has 30 heavy (non-hydrogen) atoms. The van der Waals surface area contributed by atoms with Gasteiger partial charge >= 0.3 is 0 Å². The Morgan fingerprint density at radius 2 is 0.967 bits per heavy atom. The third kappa shape index (κ3) is 6.27. The van der Waals surface area contributed by atoms with Crippen LogP contribution in [0.2, 0.25) is 0 Å². The Morgan fingerprint density at radius 3 is 1.33 bits per heavy atom. The standard InChI is InChI=1S/C26H30BrNO2/c1-3-5-19-29-25-15-11-23(12-16-25)28(22-9-7-21(27)8-10-22)24-13-17-26(18-14-24)30-20-6-4-2/h7-18H,3-6,19-20H2,1-2H3.